The number of hydrogen-bond donors (Lipinski definition) is 2. The monoisotopic (exact) mass is 386 g/mol. The zero-order chi connectivity index (χ0) is 19.8. The smallest absolute Gasteiger partial charge is 0.264 e. The zero-order valence-electron chi connectivity index (χ0n) is 16.2. The minimum Gasteiger partial charge on any atom is -0.492 e. The molecule has 0 aliphatic carbocycles. The van der Waals surface area contributed by atoms with E-state index in [9.17, 15) is 4.79 Å². The Kier molecular flexibility index (Phi) is 7.61. The van der Waals surface area contributed by atoms with Crippen molar-refractivity contribution in [2.24, 2.45) is 0 Å². The molecule has 0 aliphatic heterocycles. The molecule has 2 N–H and O–H groups in total. The normalized spacial score (nSPS) is 10.4. The van der Waals surface area contributed by atoms with E-state index >= 15 is 0 Å². The van der Waals surface area contributed by atoms with E-state index in [2.05, 4.69) is 24.5 Å². The summed E-state index contributed by atoms with van der Waals surface area (Å²) in [6.45, 7) is 8.67. The molecule has 0 unspecified atom stereocenters. The van der Waals surface area contributed by atoms with Gasteiger partial charge in [-0.05, 0) is 67.4 Å². The fraction of sp³-hybridized carbons (Fsp3) is 0.333. The Bertz CT molecular complexity index is 806. The van der Waals surface area contributed by atoms with Gasteiger partial charge in [-0.1, -0.05) is 32.0 Å². The van der Waals surface area contributed by atoms with Crippen LogP contribution in [0.25, 0.3) is 0 Å². The van der Waals surface area contributed by atoms with E-state index in [0.29, 0.717) is 29.7 Å². The molecule has 0 spiro atoms. The van der Waals surface area contributed by atoms with Gasteiger partial charge in [0.1, 0.15) is 11.5 Å². The number of hydrogen-bond acceptors (Lipinski definition) is 4. The number of carbonyl (C=O) groups excluding carboxylic acids is 1. The van der Waals surface area contributed by atoms with Gasteiger partial charge in [-0.3, -0.25) is 10.1 Å². The number of aryl methyl sites for hydroxylation is 1. The van der Waals surface area contributed by atoms with Crippen LogP contribution < -0.4 is 20.1 Å². The first kappa shape index (κ1) is 20.7. The van der Waals surface area contributed by atoms with E-state index in [1.54, 1.807) is 0 Å². The number of thiocarbonyl (C=S) groups is 1. The fourth-order valence-electron chi connectivity index (χ4n) is 2.70. The van der Waals surface area contributed by atoms with Gasteiger partial charge in [-0.2, -0.15) is 0 Å². The van der Waals surface area contributed by atoms with Gasteiger partial charge in [0, 0.05) is 0 Å². The summed E-state index contributed by atoms with van der Waals surface area (Å²) in [5.41, 5.74) is 3.11. The molecule has 0 saturated carbocycles. The Hall–Kier alpha value is -2.60. The number of nitrogens with one attached hydrogen (secondary N) is 2. The number of ether oxygens (including phenoxy) is 2. The van der Waals surface area contributed by atoms with Crippen molar-refractivity contribution in [2.75, 3.05) is 18.5 Å². The van der Waals surface area contributed by atoms with Crippen molar-refractivity contribution in [1.82, 2.24) is 5.32 Å². The lowest BCUT2D eigenvalue weighted by atomic mass is 9.98. The van der Waals surface area contributed by atoms with Gasteiger partial charge in [0.05, 0.1) is 12.3 Å². The summed E-state index contributed by atoms with van der Waals surface area (Å²) in [5.74, 6) is 1.46. The van der Waals surface area contributed by atoms with E-state index in [1.165, 1.54) is 5.56 Å². The van der Waals surface area contributed by atoms with Crippen molar-refractivity contribution < 1.29 is 14.3 Å². The maximum atomic E-state index is 12.1. The molecule has 6 heteroatoms. The molecule has 0 heterocycles. The lowest BCUT2D eigenvalue weighted by Crippen LogP contribution is -2.37. The van der Waals surface area contributed by atoms with Crippen LogP contribution in [-0.2, 0) is 4.79 Å². The second-order valence-electron chi connectivity index (χ2n) is 6.39. The fourth-order valence-corrected chi connectivity index (χ4v) is 2.93. The molecule has 0 fully saturated rings. The molecular formula is C21H26N2O3S. The minimum atomic E-state index is -0.327. The van der Waals surface area contributed by atoms with Crippen LogP contribution in [0.2, 0.25) is 0 Å². The van der Waals surface area contributed by atoms with Gasteiger partial charge in [-0.15, -0.1) is 0 Å². The van der Waals surface area contributed by atoms with Crippen molar-refractivity contribution >= 4 is 28.9 Å². The third kappa shape index (κ3) is 6.25. The van der Waals surface area contributed by atoms with E-state index in [1.807, 2.05) is 56.3 Å². The summed E-state index contributed by atoms with van der Waals surface area (Å²) in [4.78, 5) is 12.1. The van der Waals surface area contributed by atoms with E-state index in [0.717, 1.165) is 5.56 Å². The summed E-state index contributed by atoms with van der Waals surface area (Å²) in [6.07, 6.45) is 0. The number of benzene rings is 2. The lowest BCUT2D eigenvalue weighted by molar-refractivity contribution is -0.121. The summed E-state index contributed by atoms with van der Waals surface area (Å²) >= 11 is 5.20. The Morgan fingerprint density at radius 2 is 1.89 bits per heavy atom. The SMILES string of the molecule is CCOc1ccccc1NC(=S)NC(=O)COc1ccc(C(C)C)c(C)c1. The van der Waals surface area contributed by atoms with Crippen LogP contribution in [0.4, 0.5) is 5.69 Å². The predicted octanol–water partition coefficient (Wildman–Crippen LogP) is 4.41. The van der Waals surface area contributed by atoms with Gasteiger partial charge in [-0.25, -0.2) is 0 Å². The third-order valence-electron chi connectivity index (χ3n) is 3.92. The number of amides is 1. The second kappa shape index (κ2) is 9.92. The first-order chi connectivity index (χ1) is 12.9. The highest BCUT2D eigenvalue weighted by molar-refractivity contribution is 7.80. The van der Waals surface area contributed by atoms with Crippen LogP contribution in [-0.4, -0.2) is 24.2 Å². The molecule has 2 rings (SSSR count). The zero-order valence-corrected chi connectivity index (χ0v) is 17.0. The molecule has 0 radical (unpaired) electrons. The average Bonchev–Trinajstić information content (AvgIpc) is 2.61. The summed E-state index contributed by atoms with van der Waals surface area (Å²) in [5, 5.41) is 5.78. The standard InChI is InChI=1S/C21H26N2O3S/c1-5-25-19-9-7-6-8-18(19)22-21(27)23-20(24)13-26-16-10-11-17(14(2)3)15(4)12-16/h6-12,14H,5,13H2,1-4H3,(H2,22,23,24,27). The van der Waals surface area contributed by atoms with Crippen molar-refractivity contribution in [2.45, 2.75) is 33.6 Å². The molecule has 0 aromatic heterocycles. The van der Waals surface area contributed by atoms with E-state index in [4.69, 9.17) is 21.7 Å². The molecular weight excluding hydrogens is 360 g/mol. The van der Waals surface area contributed by atoms with Crippen LogP contribution in [0.15, 0.2) is 42.5 Å². The van der Waals surface area contributed by atoms with Crippen LogP contribution in [0, 0.1) is 6.92 Å². The highest BCUT2D eigenvalue weighted by Gasteiger charge is 2.10. The number of para-hydroxylation sites is 2. The second-order valence-corrected chi connectivity index (χ2v) is 6.80. The van der Waals surface area contributed by atoms with Crippen molar-refractivity contribution in [3.63, 3.8) is 0 Å². The Morgan fingerprint density at radius 3 is 2.56 bits per heavy atom. The Morgan fingerprint density at radius 1 is 1.15 bits per heavy atom. The molecule has 0 atom stereocenters. The summed E-state index contributed by atoms with van der Waals surface area (Å²) in [6, 6.07) is 13.3. The third-order valence-corrected chi connectivity index (χ3v) is 4.13. The largest absolute Gasteiger partial charge is 0.492 e. The van der Waals surface area contributed by atoms with Crippen molar-refractivity contribution in [3.8, 4) is 11.5 Å². The minimum absolute atomic E-state index is 0.116. The summed E-state index contributed by atoms with van der Waals surface area (Å²) < 4.78 is 11.1. The molecule has 27 heavy (non-hydrogen) atoms. The molecule has 0 bridgehead atoms. The topological polar surface area (TPSA) is 59.6 Å². The van der Waals surface area contributed by atoms with Gasteiger partial charge < -0.3 is 14.8 Å². The molecule has 5 nitrogen and oxygen atoms in total. The van der Waals surface area contributed by atoms with Gasteiger partial charge >= 0.3 is 0 Å². The van der Waals surface area contributed by atoms with E-state index < -0.39 is 0 Å². The molecule has 144 valence electrons. The van der Waals surface area contributed by atoms with Crippen LogP contribution in [0.5, 0.6) is 11.5 Å². The molecule has 0 saturated heterocycles. The number of anilines is 1. The highest BCUT2D eigenvalue weighted by Crippen LogP contribution is 2.24. The quantitative estimate of drug-likeness (QED) is 0.690. The first-order valence-corrected chi connectivity index (χ1v) is 9.37. The molecule has 2 aromatic carbocycles. The maximum absolute atomic E-state index is 12.1. The predicted molar refractivity (Wildman–Crippen MR) is 113 cm³/mol. The highest BCUT2D eigenvalue weighted by atomic mass is 32.1. The first-order valence-electron chi connectivity index (χ1n) is 8.96. The van der Waals surface area contributed by atoms with Crippen LogP contribution >= 0.6 is 12.2 Å². The van der Waals surface area contributed by atoms with Gasteiger partial charge in [0.2, 0.25) is 0 Å². The molecule has 1 amide bonds. The van der Waals surface area contributed by atoms with Crippen LogP contribution in [0.1, 0.15) is 37.8 Å². The maximum Gasteiger partial charge on any atom is 0.264 e. The van der Waals surface area contributed by atoms with E-state index in [-0.39, 0.29) is 17.6 Å². The van der Waals surface area contributed by atoms with Crippen molar-refractivity contribution in [3.05, 3.63) is 53.6 Å². The number of rotatable bonds is 7. The lowest BCUT2D eigenvalue weighted by Gasteiger charge is -2.14. The van der Waals surface area contributed by atoms with Crippen LogP contribution in [0.3, 0.4) is 0 Å². The summed E-state index contributed by atoms with van der Waals surface area (Å²) in [7, 11) is 0. The van der Waals surface area contributed by atoms with Gasteiger partial charge in [0.15, 0.2) is 11.7 Å². The molecule has 0 aliphatic rings. The number of carbonyl (C=O) groups is 1. The molecule has 2 aromatic rings. The van der Waals surface area contributed by atoms with Crippen molar-refractivity contribution in [1.29, 1.82) is 0 Å². The van der Waals surface area contributed by atoms with Gasteiger partial charge in [0.25, 0.3) is 5.91 Å². The Balaban J connectivity index is 1.87. The Labute approximate surface area is 166 Å². The average molecular weight is 387 g/mol.